The first-order chi connectivity index (χ1) is 14.0. The first-order valence-corrected chi connectivity index (χ1v) is 9.90. The number of rotatable bonds is 4. The van der Waals surface area contributed by atoms with Crippen molar-refractivity contribution >= 4 is 17.1 Å². The minimum absolute atomic E-state index is 0.000221. The van der Waals surface area contributed by atoms with Gasteiger partial charge in [0.2, 0.25) is 0 Å². The summed E-state index contributed by atoms with van der Waals surface area (Å²) in [4.78, 5) is 17.1. The Balaban J connectivity index is 1.45. The predicted molar refractivity (Wildman–Crippen MR) is 107 cm³/mol. The Morgan fingerprint density at radius 2 is 2.21 bits per heavy atom. The third-order valence-electron chi connectivity index (χ3n) is 5.39. The van der Waals surface area contributed by atoms with E-state index < -0.39 is 6.10 Å². The number of carbonyl (C=O) groups is 1. The van der Waals surface area contributed by atoms with Crippen molar-refractivity contribution in [2.24, 2.45) is 0 Å². The fourth-order valence-electron chi connectivity index (χ4n) is 3.97. The Bertz CT molecular complexity index is 923. The zero-order valence-electron chi connectivity index (χ0n) is 16.7. The average Bonchev–Trinajstić information content (AvgIpc) is 3.21. The van der Waals surface area contributed by atoms with Crippen LogP contribution in [0, 0.1) is 11.3 Å². The number of nitrogens with zero attached hydrogens (tertiary/aromatic N) is 5. The number of morpholine rings is 2. The van der Waals surface area contributed by atoms with Gasteiger partial charge in [-0.15, -0.1) is 0 Å². The third-order valence-corrected chi connectivity index (χ3v) is 5.39. The molecule has 4 heterocycles. The van der Waals surface area contributed by atoms with Crippen molar-refractivity contribution in [2.45, 2.75) is 25.2 Å². The molecule has 1 N–H and O–H groups in total. The summed E-state index contributed by atoms with van der Waals surface area (Å²) in [6.07, 6.45) is 1.00. The molecule has 0 spiro atoms. The summed E-state index contributed by atoms with van der Waals surface area (Å²) < 4.78 is 13.3. The lowest BCUT2D eigenvalue weighted by atomic mass is 10.1. The average molecular weight is 398 g/mol. The molecule has 4 rings (SSSR count). The van der Waals surface area contributed by atoms with Crippen molar-refractivity contribution in [3.63, 3.8) is 0 Å². The van der Waals surface area contributed by atoms with Gasteiger partial charge in [-0.1, -0.05) is 0 Å². The number of aromatic nitrogens is 2. The number of amides is 1. The normalized spacial score (nSPS) is 25.7. The summed E-state index contributed by atoms with van der Waals surface area (Å²) in [5.74, 6) is -0.128. The van der Waals surface area contributed by atoms with Crippen molar-refractivity contribution in [3.05, 3.63) is 30.1 Å². The number of anilines is 1. The lowest BCUT2D eigenvalue weighted by molar-refractivity contribution is -0.138. The number of likely N-dealkylation sites (N-methyl/N-ethyl adjacent to an activating group) is 1. The van der Waals surface area contributed by atoms with Crippen LogP contribution in [0.25, 0.3) is 5.52 Å². The number of carbonyl (C=O) groups excluding carboxylic acids is 1. The van der Waals surface area contributed by atoms with E-state index in [0.717, 1.165) is 24.3 Å². The summed E-state index contributed by atoms with van der Waals surface area (Å²) in [5.41, 5.74) is 2.25. The number of nitrogens with one attached hydrogen (secondary N) is 1. The smallest absolute Gasteiger partial charge is 0.251 e. The molecule has 2 aliphatic rings. The predicted octanol–water partition coefficient (Wildman–Crippen LogP) is 0.246. The summed E-state index contributed by atoms with van der Waals surface area (Å²) >= 11 is 0. The van der Waals surface area contributed by atoms with E-state index in [9.17, 15) is 10.1 Å². The van der Waals surface area contributed by atoms with Gasteiger partial charge in [-0.3, -0.25) is 4.79 Å². The van der Waals surface area contributed by atoms with Gasteiger partial charge in [-0.05, 0) is 32.2 Å². The van der Waals surface area contributed by atoms with Gasteiger partial charge in [0.1, 0.15) is 11.8 Å². The van der Waals surface area contributed by atoms with Crippen LogP contribution in [0.15, 0.2) is 24.4 Å². The molecule has 29 heavy (non-hydrogen) atoms. The highest BCUT2D eigenvalue weighted by Gasteiger charge is 2.32. The maximum Gasteiger partial charge on any atom is 0.251 e. The number of ether oxygens (including phenoxy) is 2. The molecule has 1 amide bonds. The fourth-order valence-corrected chi connectivity index (χ4v) is 3.97. The van der Waals surface area contributed by atoms with Crippen LogP contribution in [-0.2, 0) is 14.3 Å². The Hall–Kier alpha value is -2.67. The molecule has 2 aliphatic heterocycles. The van der Waals surface area contributed by atoms with Crippen molar-refractivity contribution in [1.29, 1.82) is 5.26 Å². The van der Waals surface area contributed by atoms with Gasteiger partial charge in [0.25, 0.3) is 5.91 Å². The Labute approximate surface area is 169 Å². The molecule has 9 heteroatoms. The standard InChI is InChI=1S/C20H26N6O3/c1-14-11-25(17-4-3-15(9-21)26-18(17)5-6-23-26)13-19(29-14)20(27)22-10-16-12-24(2)7-8-28-16/h3-6,14,16,19H,7-8,10-13H2,1-2H3,(H,22,27)/t14?,16?,19-/m1/s1. The van der Waals surface area contributed by atoms with Gasteiger partial charge < -0.3 is 24.6 Å². The van der Waals surface area contributed by atoms with Gasteiger partial charge in [0.15, 0.2) is 6.10 Å². The number of hydrogen-bond acceptors (Lipinski definition) is 7. The third kappa shape index (κ3) is 4.19. The molecule has 9 nitrogen and oxygen atoms in total. The monoisotopic (exact) mass is 398 g/mol. The van der Waals surface area contributed by atoms with Crippen LogP contribution in [0.3, 0.4) is 0 Å². The minimum Gasteiger partial charge on any atom is -0.374 e. The van der Waals surface area contributed by atoms with Crippen molar-refractivity contribution in [1.82, 2.24) is 19.8 Å². The molecular weight excluding hydrogens is 372 g/mol. The summed E-state index contributed by atoms with van der Waals surface area (Å²) in [6, 6.07) is 7.69. The van der Waals surface area contributed by atoms with Gasteiger partial charge in [0, 0.05) is 26.2 Å². The first-order valence-electron chi connectivity index (χ1n) is 9.90. The van der Waals surface area contributed by atoms with Gasteiger partial charge in [-0.25, -0.2) is 4.52 Å². The van der Waals surface area contributed by atoms with Crippen LogP contribution < -0.4 is 10.2 Å². The largest absolute Gasteiger partial charge is 0.374 e. The quantitative estimate of drug-likeness (QED) is 0.789. The maximum atomic E-state index is 12.8. The lowest BCUT2D eigenvalue weighted by Gasteiger charge is -2.38. The van der Waals surface area contributed by atoms with E-state index in [4.69, 9.17) is 9.47 Å². The number of hydrogen-bond donors (Lipinski definition) is 1. The molecule has 2 aromatic heterocycles. The molecule has 2 aromatic rings. The molecule has 2 fully saturated rings. The second-order valence-electron chi connectivity index (χ2n) is 7.68. The highest BCUT2D eigenvalue weighted by Crippen LogP contribution is 2.26. The Kier molecular flexibility index (Phi) is 5.67. The Morgan fingerprint density at radius 1 is 1.34 bits per heavy atom. The zero-order valence-corrected chi connectivity index (χ0v) is 16.7. The van der Waals surface area contributed by atoms with Crippen molar-refractivity contribution in [2.75, 3.05) is 51.3 Å². The van der Waals surface area contributed by atoms with Crippen LogP contribution in [0.2, 0.25) is 0 Å². The van der Waals surface area contributed by atoms with E-state index in [0.29, 0.717) is 31.9 Å². The van der Waals surface area contributed by atoms with Gasteiger partial charge in [0.05, 0.1) is 42.8 Å². The minimum atomic E-state index is -0.571. The summed E-state index contributed by atoms with van der Waals surface area (Å²) in [7, 11) is 2.05. The SMILES string of the molecule is CC1CN(c2ccc(C#N)n3nccc23)C[C@H](C(=O)NCC2CN(C)CCO2)O1. The number of pyridine rings is 1. The van der Waals surface area contributed by atoms with Crippen LogP contribution >= 0.6 is 0 Å². The molecule has 0 aromatic carbocycles. The van der Waals surface area contributed by atoms with E-state index >= 15 is 0 Å². The summed E-state index contributed by atoms with van der Waals surface area (Å²) in [6.45, 7) is 5.93. The van der Waals surface area contributed by atoms with Crippen molar-refractivity contribution in [3.8, 4) is 6.07 Å². The van der Waals surface area contributed by atoms with Crippen LogP contribution in [0.1, 0.15) is 12.6 Å². The molecule has 0 saturated carbocycles. The maximum absolute atomic E-state index is 12.8. The van der Waals surface area contributed by atoms with Crippen LogP contribution in [0.4, 0.5) is 5.69 Å². The lowest BCUT2D eigenvalue weighted by Crippen LogP contribution is -2.54. The van der Waals surface area contributed by atoms with E-state index in [-0.39, 0.29) is 18.1 Å². The Morgan fingerprint density at radius 3 is 3.00 bits per heavy atom. The van der Waals surface area contributed by atoms with Gasteiger partial charge in [-0.2, -0.15) is 10.4 Å². The summed E-state index contributed by atoms with van der Waals surface area (Å²) in [5, 5.41) is 16.5. The van der Waals surface area contributed by atoms with E-state index in [1.807, 2.05) is 19.1 Å². The van der Waals surface area contributed by atoms with Gasteiger partial charge >= 0.3 is 0 Å². The van der Waals surface area contributed by atoms with Crippen LogP contribution in [0.5, 0.6) is 0 Å². The molecule has 0 aliphatic carbocycles. The van der Waals surface area contributed by atoms with E-state index in [2.05, 4.69) is 33.3 Å². The molecular formula is C20H26N6O3. The first kappa shape index (κ1) is 19.6. The number of nitriles is 1. The highest BCUT2D eigenvalue weighted by atomic mass is 16.5. The molecule has 2 saturated heterocycles. The topological polar surface area (TPSA) is 95.1 Å². The molecule has 0 radical (unpaired) electrons. The molecule has 2 unspecified atom stereocenters. The second kappa shape index (κ2) is 8.37. The second-order valence-corrected chi connectivity index (χ2v) is 7.68. The van der Waals surface area contributed by atoms with E-state index in [1.165, 1.54) is 0 Å². The molecule has 154 valence electrons. The molecule has 3 atom stereocenters. The van der Waals surface area contributed by atoms with Crippen molar-refractivity contribution < 1.29 is 14.3 Å². The fraction of sp³-hybridized carbons (Fsp3) is 0.550. The molecule has 0 bridgehead atoms. The zero-order chi connectivity index (χ0) is 20.4. The highest BCUT2D eigenvalue weighted by molar-refractivity contribution is 5.82. The van der Waals surface area contributed by atoms with E-state index in [1.54, 1.807) is 16.8 Å². The number of fused-ring (bicyclic) bond motifs is 1. The van der Waals surface area contributed by atoms with Crippen LogP contribution in [-0.4, -0.2) is 85.1 Å².